The molecule has 0 radical (unpaired) electrons. The van der Waals surface area contributed by atoms with Crippen LogP contribution in [0.15, 0.2) is 47.2 Å². The maximum Gasteiger partial charge on any atom is 0.230 e. The summed E-state index contributed by atoms with van der Waals surface area (Å²) in [6.45, 7) is 1.34. The molecule has 4 aromatic rings. The standard InChI is InChI=1S/C19H17N5O2S2/c25-18(21-14-5-6-26-9-14)10-27-19-22-15-3-1-12(7-16(15)28-19)13-2-4-17-23-20-11-24(17)8-13/h1-4,7-8,11,14H,5-6,9-10H2,(H,21,25)/t14-/m1/s1. The van der Waals surface area contributed by atoms with Crippen LogP contribution in [0.3, 0.4) is 0 Å². The lowest BCUT2D eigenvalue weighted by Crippen LogP contribution is -2.36. The summed E-state index contributed by atoms with van der Waals surface area (Å²) in [4.78, 5) is 16.7. The first-order valence-electron chi connectivity index (χ1n) is 8.95. The van der Waals surface area contributed by atoms with Crippen LogP contribution in [0.5, 0.6) is 0 Å². The van der Waals surface area contributed by atoms with Gasteiger partial charge >= 0.3 is 0 Å². The van der Waals surface area contributed by atoms with Crippen LogP contribution in [-0.4, -0.2) is 50.5 Å². The number of nitrogens with zero attached hydrogens (tertiary/aromatic N) is 4. The molecule has 4 heterocycles. The van der Waals surface area contributed by atoms with Crippen LogP contribution >= 0.6 is 23.1 Å². The zero-order valence-corrected chi connectivity index (χ0v) is 16.5. The molecule has 7 nitrogen and oxygen atoms in total. The summed E-state index contributed by atoms with van der Waals surface area (Å²) < 4.78 is 9.20. The average molecular weight is 412 g/mol. The largest absolute Gasteiger partial charge is 0.379 e. The Morgan fingerprint density at radius 2 is 2.25 bits per heavy atom. The maximum absolute atomic E-state index is 12.1. The molecule has 1 N–H and O–H groups in total. The number of aromatic nitrogens is 4. The third-order valence-corrected chi connectivity index (χ3v) is 6.78. The van der Waals surface area contributed by atoms with Gasteiger partial charge in [-0.05, 0) is 41.8 Å². The lowest BCUT2D eigenvalue weighted by atomic mass is 10.1. The van der Waals surface area contributed by atoms with Crippen LogP contribution in [-0.2, 0) is 9.53 Å². The van der Waals surface area contributed by atoms with E-state index >= 15 is 0 Å². The van der Waals surface area contributed by atoms with Crippen LogP contribution in [0.2, 0.25) is 0 Å². The molecular formula is C19H17N5O2S2. The third-order valence-electron chi connectivity index (χ3n) is 4.61. The molecule has 1 atom stereocenters. The van der Waals surface area contributed by atoms with Gasteiger partial charge in [0.1, 0.15) is 6.33 Å². The minimum absolute atomic E-state index is 0.0303. The van der Waals surface area contributed by atoms with E-state index in [0.717, 1.165) is 44.4 Å². The summed E-state index contributed by atoms with van der Waals surface area (Å²) in [5, 5.41) is 11.0. The topological polar surface area (TPSA) is 81.4 Å². The molecule has 0 saturated carbocycles. The van der Waals surface area contributed by atoms with E-state index in [9.17, 15) is 4.79 Å². The number of carbonyl (C=O) groups excluding carboxylic acids is 1. The number of carbonyl (C=O) groups is 1. The molecule has 28 heavy (non-hydrogen) atoms. The Morgan fingerprint density at radius 3 is 3.14 bits per heavy atom. The van der Waals surface area contributed by atoms with Gasteiger partial charge in [-0.25, -0.2) is 4.98 Å². The fourth-order valence-electron chi connectivity index (χ4n) is 3.19. The highest BCUT2D eigenvalue weighted by atomic mass is 32.2. The molecule has 0 spiro atoms. The Hall–Kier alpha value is -2.49. The van der Waals surface area contributed by atoms with E-state index in [1.807, 2.05) is 28.8 Å². The van der Waals surface area contributed by atoms with Crippen LogP contribution in [0.25, 0.3) is 27.0 Å². The number of fused-ring (bicyclic) bond motifs is 2. The van der Waals surface area contributed by atoms with Crippen molar-refractivity contribution in [3.05, 3.63) is 42.9 Å². The first kappa shape index (κ1) is 17.6. The number of hydrogen-bond donors (Lipinski definition) is 1. The number of thioether (sulfide) groups is 1. The number of nitrogens with one attached hydrogen (secondary N) is 1. The van der Waals surface area contributed by atoms with Crippen molar-refractivity contribution < 1.29 is 9.53 Å². The molecule has 142 valence electrons. The molecule has 1 aromatic carbocycles. The van der Waals surface area contributed by atoms with E-state index in [1.54, 1.807) is 17.7 Å². The number of pyridine rings is 1. The molecule has 0 bridgehead atoms. The molecule has 9 heteroatoms. The summed E-state index contributed by atoms with van der Waals surface area (Å²) in [7, 11) is 0. The van der Waals surface area contributed by atoms with Gasteiger partial charge in [-0.1, -0.05) is 17.8 Å². The van der Waals surface area contributed by atoms with Crippen LogP contribution in [0, 0.1) is 0 Å². The predicted octanol–water partition coefficient (Wildman–Crippen LogP) is 3.00. The molecule has 1 amide bonds. The Kier molecular flexibility index (Phi) is 4.71. The number of benzene rings is 1. The van der Waals surface area contributed by atoms with Gasteiger partial charge in [-0.2, -0.15) is 0 Å². The van der Waals surface area contributed by atoms with E-state index in [1.165, 1.54) is 11.8 Å². The summed E-state index contributed by atoms with van der Waals surface area (Å²) in [6, 6.07) is 10.4. The van der Waals surface area contributed by atoms with Gasteiger partial charge in [0.25, 0.3) is 0 Å². The first-order chi connectivity index (χ1) is 13.7. The summed E-state index contributed by atoms with van der Waals surface area (Å²) in [6.07, 6.45) is 4.60. The number of thiazole rings is 1. The van der Waals surface area contributed by atoms with Crippen molar-refractivity contribution in [1.29, 1.82) is 0 Å². The second-order valence-corrected chi connectivity index (χ2v) is 8.85. The average Bonchev–Trinajstić information content (AvgIpc) is 3.45. The molecule has 0 aliphatic carbocycles. The number of rotatable bonds is 5. The van der Waals surface area contributed by atoms with Crippen LogP contribution in [0.1, 0.15) is 6.42 Å². The molecule has 0 unspecified atom stereocenters. The minimum atomic E-state index is 0.0303. The van der Waals surface area contributed by atoms with Gasteiger partial charge in [0.15, 0.2) is 9.99 Å². The predicted molar refractivity (Wildman–Crippen MR) is 110 cm³/mol. The Morgan fingerprint density at radius 1 is 1.32 bits per heavy atom. The third kappa shape index (κ3) is 3.60. The smallest absolute Gasteiger partial charge is 0.230 e. The first-order valence-corrected chi connectivity index (χ1v) is 10.7. The number of ether oxygens (including phenoxy) is 1. The van der Waals surface area contributed by atoms with Crippen LogP contribution in [0.4, 0.5) is 0 Å². The van der Waals surface area contributed by atoms with Gasteiger partial charge in [-0.3, -0.25) is 9.20 Å². The molecule has 1 aliphatic rings. The van der Waals surface area contributed by atoms with Crippen molar-refractivity contribution >= 4 is 44.9 Å². The minimum Gasteiger partial charge on any atom is -0.379 e. The molecule has 1 saturated heterocycles. The van der Waals surface area contributed by atoms with E-state index < -0.39 is 0 Å². The molecule has 5 rings (SSSR count). The van der Waals surface area contributed by atoms with Gasteiger partial charge in [-0.15, -0.1) is 21.5 Å². The van der Waals surface area contributed by atoms with E-state index in [-0.39, 0.29) is 11.9 Å². The number of amides is 1. The monoisotopic (exact) mass is 411 g/mol. The highest BCUT2D eigenvalue weighted by Gasteiger charge is 2.18. The summed E-state index contributed by atoms with van der Waals surface area (Å²) in [5.41, 5.74) is 3.98. The zero-order valence-electron chi connectivity index (χ0n) is 14.9. The Balaban J connectivity index is 1.31. The fourth-order valence-corrected chi connectivity index (χ4v) is 5.11. The van der Waals surface area contributed by atoms with Gasteiger partial charge < -0.3 is 10.1 Å². The Bertz CT molecular complexity index is 1150. The van der Waals surface area contributed by atoms with Crippen LogP contribution < -0.4 is 5.32 Å². The SMILES string of the molecule is O=C(CSc1nc2ccc(-c3ccc4nncn4c3)cc2s1)N[C@@H]1CCOC1. The normalized spacial score (nSPS) is 16.8. The van der Waals surface area contributed by atoms with E-state index in [4.69, 9.17) is 4.74 Å². The summed E-state index contributed by atoms with van der Waals surface area (Å²) in [5.74, 6) is 0.399. The van der Waals surface area contributed by atoms with Crippen molar-refractivity contribution in [3.63, 3.8) is 0 Å². The quantitative estimate of drug-likeness (QED) is 0.509. The Labute approximate surface area is 169 Å². The molecular weight excluding hydrogens is 394 g/mol. The lowest BCUT2D eigenvalue weighted by molar-refractivity contribution is -0.119. The lowest BCUT2D eigenvalue weighted by Gasteiger charge is -2.09. The highest BCUT2D eigenvalue weighted by Crippen LogP contribution is 2.32. The van der Waals surface area contributed by atoms with Gasteiger partial charge in [0, 0.05) is 12.8 Å². The van der Waals surface area contributed by atoms with Crippen molar-refractivity contribution in [2.45, 2.75) is 16.8 Å². The molecule has 3 aromatic heterocycles. The highest BCUT2D eigenvalue weighted by molar-refractivity contribution is 8.01. The van der Waals surface area contributed by atoms with E-state index in [0.29, 0.717) is 12.4 Å². The van der Waals surface area contributed by atoms with E-state index in [2.05, 4.69) is 32.6 Å². The van der Waals surface area contributed by atoms with Crippen molar-refractivity contribution in [2.75, 3.05) is 19.0 Å². The second kappa shape index (κ2) is 7.50. The summed E-state index contributed by atoms with van der Waals surface area (Å²) >= 11 is 3.09. The van der Waals surface area contributed by atoms with Gasteiger partial charge in [0.2, 0.25) is 5.91 Å². The van der Waals surface area contributed by atoms with Crippen molar-refractivity contribution in [1.82, 2.24) is 24.9 Å². The maximum atomic E-state index is 12.1. The van der Waals surface area contributed by atoms with Crippen molar-refractivity contribution in [3.8, 4) is 11.1 Å². The number of hydrogen-bond acceptors (Lipinski definition) is 7. The second-order valence-electron chi connectivity index (χ2n) is 6.59. The van der Waals surface area contributed by atoms with Gasteiger partial charge in [0.05, 0.1) is 28.6 Å². The zero-order chi connectivity index (χ0) is 18.9. The molecule has 1 fully saturated rings. The molecule has 1 aliphatic heterocycles. The van der Waals surface area contributed by atoms with Crippen molar-refractivity contribution in [2.24, 2.45) is 0 Å². The fraction of sp³-hybridized carbons (Fsp3) is 0.263.